The Hall–Kier alpha value is -0.650. The van der Waals surface area contributed by atoms with Gasteiger partial charge in [0.2, 0.25) is 5.79 Å². The molecular formula is C14H22O5. The fraction of sp³-hybridized carbons (Fsp3) is 0.929. The number of hydrogen-bond donors (Lipinski definition) is 1. The van der Waals surface area contributed by atoms with Crippen molar-refractivity contribution >= 4 is 5.97 Å². The molecule has 0 aliphatic carbocycles. The summed E-state index contributed by atoms with van der Waals surface area (Å²) in [6, 6.07) is 0. The van der Waals surface area contributed by atoms with E-state index in [2.05, 4.69) is 0 Å². The summed E-state index contributed by atoms with van der Waals surface area (Å²) in [5, 5.41) is 10.5. The fourth-order valence-electron chi connectivity index (χ4n) is 4.06. The van der Waals surface area contributed by atoms with Crippen LogP contribution in [0.4, 0.5) is 0 Å². The summed E-state index contributed by atoms with van der Waals surface area (Å²) in [5.41, 5.74) is -1.60. The van der Waals surface area contributed by atoms with Crippen molar-refractivity contribution < 1.29 is 24.1 Å². The van der Waals surface area contributed by atoms with E-state index >= 15 is 0 Å². The van der Waals surface area contributed by atoms with Gasteiger partial charge >= 0.3 is 5.97 Å². The largest absolute Gasteiger partial charge is 0.430 e. The van der Waals surface area contributed by atoms with Crippen LogP contribution >= 0.6 is 0 Å². The van der Waals surface area contributed by atoms with E-state index < -0.39 is 23.1 Å². The minimum atomic E-state index is -1.23. The predicted octanol–water partition coefficient (Wildman–Crippen LogP) is 1.23. The first-order valence-corrected chi connectivity index (χ1v) is 6.92. The lowest BCUT2D eigenvalue weighted by Gasteiger charge is -2.65. The molecule has 7 atom stereocenters. The average molecular weight is 270 g/mol. The molecule has 0 aromatic heterocycles. The van der Waals surface area contributed by atoms with Gasteiger partial charge < -0.3 is 19.3 Å². The number of esters is 1. The highest BCUT2D eigenvalue weighted by Crippen LogP contribution is 2.56. The van der Waals surface area contributed by atoms with Crippen molar-refractivity contribution in [3.8, 4) is 0 Å². The Morgan fingerprint density at radius 1 is 1.26 bits per heavy atom. The quantitative estimate of drug-likeness (QED) is 0.671. The van der Waals surface area contributed by atoms with Gasteiger partial charge in [0.05, 0.1) is 17.6 Å². The van der Waals surface area contributed by atoms with Crippen molar-refractivity contribution in [2.24, 2.45) is 11.8 Å². The number of ether oxygens (including phenoxy) is 3. The second kappa shape index (κ2) is 3.51. The van der Waals surface area contributed by atoms with E-state index in [0.29, 0.717) is 6.42 Å². The fourth-order valence-corrected chi connectivity index (χ4v) is 4.06. The summed E-state index contributed by atoms with van der Waals surface area (Å²) in [4.78, 5) is 12.1. The molecule has 0 unspecified atom stereocenters. The number of carbonyl (C=O) groups is 1. The lowest BCUT2D eigenvalue weighted by molar-refractivity contribution is -0.457. The van der Waals surface area contributed by atoms with Gasteiger partial charge in [-0.1, -0.05) is 6.92 Å². The molecule has 5 nitrogen and oxygen atoms in total. The minimum absolute atomic E-state index is 0.0680. The molecule has 0 aromatic carbocycles. The number of fused-ring (bicyclic) bond motifs is 6. The second-order valence-corrected chi connectivity index (χ2v) is 6.84. The third kappa shape index (κ3) is 1.44. The van der Waals surface area contributed by atoms with Crippen molar-refractivity contribution in [3.63, 3.8) is 0 Å². The maximum absolute atomic E-state index is 12.1. The van der Waals surface area contributed by atoms with Crippen LogP contribution in [0, 0.1) is 11.8 Å². The normalized spacial score (nSPS) is 60.6. The van der Waals surface area contributed by atoms with Gasteiger partial charge in [-0.05, 0) is 33.1 Å². The third-order valence-corrected chi connectivity index (χ3v) is 5.25. The Kier molecular flexibility index (Phi) is 2.46. The van der Waals surface area contributed by atoms with Crippen molar-refractivity contribution in [3.05, 3.63) is 0 Å². The summed E-state index contributed by atoms with van der Waals surface area (Å²) >= 11 is 0. The molecule has 0 spiro atoms. The van der Waals surface area contributed by atoms with Crippen LogP contribution in [0.15, 0.2) is 0 Å². The Labute approximate surface area is 113 Å². The van der Waals surface area contributed by atoms with E-state index in [1.165, 1.54) is 0 Å². The van der Waals surface area contributed by atoms with E-state index in [9.17, 15) is 9.90 Å². The smallest absolute Gasteiger partial charge is 0.314 e. The number of carbonyl (C=O) groups excluding carboxylic acids is 1. The first kappa shape index (κ1) is 13.3. The van der Waals surface area contributed by atoms with Gasteiger partial charge in [-0.15, -0.1) is 0 Å². The standard InChI is InChI=1S/C14H22O5/c1-7-6-12(3)10-8(2)11(16)18-14(5,17-10)13(4,19-12)9(7)15/h7-10,15H,6H2,1-5H3/t7-,8+,9-,10-,12-,13+,14+/m1/s1. The number of aliphatic hydroxyl groups excluding tert-OH is 1. The van der Waals surface area contributed by atoms with Crippen LogP contribution in [-0.2, 0) is 19.0 Å². The SMILES string of the molecule is C[C@@H]1C[C@@]2(C)O[C@@](C)([C@@H]1O)[C@]1(C)OC(=O)[C@@H](C)[C@H]2O1. The number of hydrogen-bond acceptors (Lipinski definition) is 5. The molecule has 0 saturated carbocycles. The highest BCUT2D eigenvalue weighted by atomic mass is 16.8. The topological polar surface area (TPSA) is 65.0 Å². The van der Waals surface area contributed by atoms with Gasteiger partial charge in [0, 0.05) is 6.92 Å². The maximum Gasteiger partial charge on any atom is 0.314 e. The summed E-state index contributed by atoms with van der Waals surface area (Å²) < 4.78 is 17.7. The number of aliphatic hydroxyl groups is 1. The van der Waals surface area contributed by atoms with E-state index in [-0.39, 0.29) is 23.9 Å². The van der Waals surface area contributed by atoms with Crippen molar-refractivity contribution in [2.75, 3.05) is 0 Å². The molecule has 3 rings (SSSR count). The minimum Gasteiger partial charge on any atom is -0.430 e. The van der Waals surface area contributed by atoms with Crippen LogP contribution in [0.5, 0.6) is 0 Å². The van der Waals surface area contributed by atoms with Gasteiger partial charge in [-0.3, -0.25) is 4.79 Å². The Morgan fingerprint density at radius 3 is 2.53 bits per heavy atom. The van der Waals surface area contributed by atoms with Crippen LogP contribution < -0.4 is 0 Å². The zero-order valence-corrected chi connectivity index (χ0v) is 12.1. The predicted molar refractivity (Wildman–Crippen MR) is 66.2 cm³/mol. The molecule has 3 heterocycles. The lowest BCUT2D eigenvalue weighted by atomic mass is 9.68. The van der Waals surface area contributed by atoms with Crippen LogP contribution in [0.3, 0.4) is 0 Å². The lowest BCUT2D eigenvalue weighted by Crippen LogP contribution is -2.79. The van der Waals surface area contributed by atoms with E-state index in [1.54, 1.807) is 20.8 Å². The third-order valence-electron chi connectivity index (χ3n) is 5.25. The molecule has 3 aliphatic rings. The van der Waals surface area contributed by atoms with Crippen molar-refractivity contribution in [1.82, 2.24) is 0 Å². The second-order valence-electron chi connectivity index (χ2n) is 6.84. The molecule has 0 radical (unpaired) electrons. The monoisotopic (exact) mass is 270 g/mol. The molecule has 4 bridgehead atoms. The molecule has 0 amide bonds. The zero-order chi connectivity index (χ0) is 14.2. The molecule has 5 heteroatoms. The van der Waals surface area contributed by atoms with Gasteiger partial charge in [-0.2, -0.15) is 0 Å². The molecule has 3 saturated heterocycles. The van der Waals surface area contributed by atoms with Crippen molar-refractivity contribution in [2.45, 2.75) is 70.2 Å². The van der Waals surface area contributed by atoms with Crippen molar-refractivity contribution in [1.29, 1.82) is 0 Å². The van der Waals surface area contributed by atoms with Crippen LogP contribution in [-0.4, -0.2) is 40.3 Å². The summed E-state index contributed by atoms with van der Waals surface area (Å²) in [7, 11) is 0. The first-order chi connectivity index (χ1) is 8.63. The molecule has 19 heavy (non-hydrogen) atoms. The summed E-state index contributed by atoms with van der Waals surface area (Å²) in [6.45, 7) is 9.22. The summed E-state index contributed by atoms with van der Waals surface area (Å²) in [5.74, 6) is -1.79. The molecule has 3 fully saturated rings. The maximum atomic E-state index is 12.1. The molecular weight excluding hydrogens is 248 g/mol. The molecule has 108 valence electrons. The Bertz CT molecular complexity index is 438. The molecule has 3 aliphatic heterocycles. The zero-order valence-electron chi connectivity index (χ0n) is 12.1. The number of rotatable bonds is 0. The average Bonchev–Trinajstić information content (AvgIpc) is 2.29. The van der Waals surface area contributed by atoms with Gasteiger partial charge in [-0.25, -0.2) is 0 Å². The highest BCUT2D eigenvalue weighted by molar-refractivity contribution is 5.74. The molecule has 0 aromatic rings. The molecule has 1 N–H and O–H groups in total. The van der Waals surface area contributed by atoms with E-state index in [1.807, 2.05) is 13.8 Å². The van der Waals surface area contributed by atoms with Gasteiger partial charge in [0.25, 0.3) is 0 Å². The Morgan fingerprint density at radius 2 is 1.89 bits per heavy atom. The Balaban J connectivity index is 2.13. The van der Waals surface area contributed by atoms with Gasteiger partial charge in [0.1, 0.15) is 6.10 Å². The first-order valence-electron chi connectivity index (χ1n) is 6.92. The van der Waals surface area contributed by atoms with E-state index in [4.69, 9.17) is 14.2 Å². The van der Waals surface area contributed by atoms with Crippen LogP contribution in [0.25, 0.3) is 0 Å². The summed E-state index contributed by atoms with van der Waals surface area (Å²) in [6.07, 6.45) is -0.392. The van der Waals surface area contributed by atoms with Gasteiger partial charge in [0.15, 0.2) is 5.60 Å². The highest BCUT2D eigenvalue weighted by Gasteiger charge is 2.71. The van der Waals surface area contributed by atoms with Crippen LogP contribution in [0.2, 0.25) is 0 Å². The van der Waals surface area contributed by atoms with E-state index in [0.717, 1.165) is 0 Å². The van der Waals surface area contributed by atoms with Crippen LogP contribution in [0.1, 0.15) is 41.0 Å².